The molecule has 0 aliphatic rings. The Labute approximate surface area is 99.0 Å². The summed E-state index contributed by atoms with van der Waals surface area (Å²) in [7, 11) is 1.83. The van der Waals surface area contributed by atoms with Crippen LogP contribution < -0.4 is 0 Å². The van der Waals surface area contributed by atoms with Crippen molar-refractivity contribution in [2.75, 3.05) is 0 Å². The molecule has 0 bridgehead atoms. The lowest BCUT2D eigenvalue weighted by atomic mass is 10.4. The zero-order chi connectivity index (χ0) is 12.4. The summed E-state index contributed by atoms with van der Waals surface area (Å²) in [5.74, 6) is 0.340. The van der Waals surface area contributed by atoms with Crippen LogP contribution in [0.5, 0.6) is 0 Å². The van der Waals surface area contributed by atoms with Gasteiger partial charge in [0.05, 0.1) is 0 Å². The molecule has 5 heteroatoms. The van der Waals surface area contributed by atoms with Crippen LogP contribution >= 0.6 is 0 Å². The first-order valence-corrected chi connectivity index (χ1v) is 5.29. The van der Waals surface area contributed by atoms with Crippen LogP contribution in [0.4, 0.5) is 0 Å². The third-order valence-corrected chi connectivity index (χ3v) is 2.61. The summed E-state index contributed by atoms with van der Waals surface area (Å²) < 4.78 is 11.8. The van der Waals surface area contributed by atoms with Crippen molar-refractivity contribution in [3.8, 4) is 0 Å². The van der Waals surface area contributed by atoms with E-state index in [0.29, 0.717) is 17.1 Å². The fourth-order valence-corrected chi connectivity index (χ4v) is 1.52. The van der Waals surface area contributed by atoms with E-state index in [0.717, 1.165) is 5.69 Å². The minimum absolute atomic E-state index is 0.125. The summed E-state index contributed by atoms with van der Waals surface area (Å²) >= 11 is 0. The van der Waals surface area contributed by atoms with Gasteiger partial charge in [0.2, 0.25) is 0 Å². The quantitative estimate of drug-likeness (QED) is 0.762. The predicted molar refractivity (Wildman–Crippen MR) is 60.5 cm³/mol. The van der Waals surface area contributed by atoms with Gasteiger partial charge in [0.1, 0.15) is 23.8 Å². The van der Waals surface area contributed by atoms with E-state index in [1.807, 2.05) is 20.0 Å². The van der Waals surface area contributed by atoms with Crippen molar-refractivity contribution < 1.29 is 14.1 Å². The Morgan fingerprint density at radius 3 is 2.76 bits per heavy atom. The highest BCUT2D eigenvalue weighted by Gasteiger charge is 2.13. The van der Waals surface area contributed by atoms with Crippen LogP contribution in [0.2, 0.25) is 0 Å². The Morgan fingerprint density at radius 2 is 2.24 bits per heavy atom. The number of hydrogen-bond donors (Lipinski definition) is 0. The minimum Gasteiger partial charge on any atom is -0.454 e. The first kappa shape index (κ1) is 11.4. The van der Waals surface area contributed by atoms with E-state index in [9.17, 15) is 4.79 Å². The van der Waals surface area contributed by atoms with Gasteiger partial charge in [-0.1, -0.05) is 5.16 Å². The largest absolute Gasteiger partial charge is 0.454 e. The van der Waals surface area contributed by atoms with Crippen LogP contribution in [0.25, 0.3) is 0 Å². The Hall–Kier alpha value is -2.04. The predicted octanol–water partition coefficient (Wildman–Crippen LogP) is 1.99. The summed E-state index contributed by atoms with van der Waals surface area (Å²) in [6.45, 7) is 3.84. The first-order valence-electron chi connectivity index (χ1n) is 5.29. The molecule has 0 saturated carbocycles. The molecule has 0 amide bonds. The normalized spacial score (nSPS) is 10.5. The Morgan fingerprint density at radius 1 is 1.47 bits per heavy atom. The number of aryl methyl sites for hydroxylation is 2. The number of aromatic nitrogens is 2. The molecule has 0 atom stereocenters. The summed E-state index contributed by atoms with van der Waals surface area (Å²) in [6, 6.07) is 5.35. The molecular weight excluding hydrogens is 220 g/mol. The van der Waals surface area contributed by atoms with E-state index in [4.69, 9.17) is 9.26 Å². The highest BCUT2D eigenvalue weighted by molar-refractivity contribution is 5.87. The zero-order valence-electron chi connectivity index (χ0n) is 10.1. The summed E-state index contributed by atoms with van der Waals surface area (Å²) in [5, 5.41) is 3.75. The van der Waals surface area contributed by atoms with Gasteiger partial charge < -0.3 is 13.8 Å². The van der Waals surface area contributed by atoms with Crippen molar-refractivity contribution in [1.29, 1.82) is 0 Å². The van der Waals surface area contributed by atoms with Crippen LogP contribution in [0.3, 0.4) is 0 Å². The molecule has 0 saturated heterocycles. The fraction of sp³-hybridized carbons (Fsp3) is 0.333. The number of carbonyl (C=O) groups is 1. The monoisotopic (exact) mass is 234 g/mol. The second-order valence-corrected chi connectivity index (χ2v) is 3.92. The van der Waals surface area contributed by atoms with Crippen molar-refractivity contribution in [2.24, 2.45) is 7.05 Å². The van der Waals surface area contributed by atoms with Crippen LogP contribution in [-0.4, -0.2) is 15.7 Å². The highest BCUT2D eigenvalue weighted by Crippen LogP contribution is 2.09. The van der Waals surface area contributed by atoms with Gasteiger partial charge in [-0.3, -0.25) is 0 Å². The maximum absolute atomic E-state index is 11.8. The number of rotatable bonds is 3. The summed E-state index contributed by atoms with van der Waals surface area (Å²) in [6.07, 6.45) is 0. The number of hydrogen-bond acceptors (Lipinski definition) is 4. The van der Waals surface area contributed by atoms with Crippen LogP contribution in [0.15, 0.2) is 22.7 Å². The standard InChI is InChI=1S/C12H14N2O3/c1-8-4-5-11(14(8)3)12(15)16-7-10-6-9(2)17-13-10/h4-6H,7H2,1-3H3. The minimum atomic E-state index is -0.360. The molecule has 0 spiro atoms. The maximum atomic E-state index is 11.8. The van der Waals surface area contributed by atoms with E-state index in [1.165, 1.54) is 0 Å². The zero-order valence-corrected chi connectivity index (χ0v) is 10.1. The van der Waals surface area contributed by atoms with Gasteiger partial charge in [-0.05, 0) is 26.0 Å². The van der Waals surface area contributed by atoms with Gasteiger partial charge in [-0.15, -0.1) is 0 Å². The van der Waals surface area contributed by atoms with Gasteiger partial charge in [-0.2, -0.15) is 0 Å². The molecule has 0 aromatic carbocycles. The third-order valence-electron chi connectivity index (χ3n) is 2.61. The molecule has 0 radical (unpaired) electrons. The van der Waals surface area contributed by atoms with Crippen LogP contribution in [0, 0.1) is 13.8 Å². The first-order chi connectivity index (χ1) is 8.08. The van der Waals surface area contributed by atoms with E-state index < -0.39 is 0 Å². The number of carbonyl (C=O) groups excluding carboxylic acids is 1. The molecule has 5 nitrogen and oxygen atoms in total. The molecule has 2 aromatic rings. The Balaban J connectivity index is 2.00. The molecule has 0 fully saturated rings. The second kappa shape index (κ2) is 4.45. The van der Waals surface area contributed by atoms with Gasteiger partial charge >= 0.3 is 5.97 Å². The summed E-state index contributed by atoms with van der Waals surface area (Å²) in [5.41, 5.74) is 2.15. The number of esters is 1. The SMILES string of the molecule is Cc1cc(COC(=O)c2ccc(C)n2C)no1. The molecule has 0 N–H and O–H groups in total. The highest BCUT2D eigenvalue weighted by atomic mass is 16.5. The van der Waals surface area contributed by atoms with Crippen LogP contribution in [0.1, 0.15) is 27.6 Å². The molecule has 2 heterocycles. The molecule has 0 unspecified atom stereocenters. The topological polar surface area (TPSA) is 57.3 Å². The third kappa shape index (κ3) is 2.38. The summed E-state index contributed by atoms with van der Waals surface area (Å²) in [4.78, 5) is 11.8. The number of nitrogens with zero attached hydrogens (tertiary/aromatic N) is 2. The van der Waals surface area contributed by atoms with Gasteiger partial charge in [0.25, 0.3) is 0 Å². The molecule has 0 aliphatic carbocycles. The average Bonchev–Trinajstić information content (AvgIpc) is 2.84. The number of ether oxygens (including phenoxy) is 1. The lowest BCUT2D eigenvalue weighted by molar-refractivity contribution is 0.0453. The average molecular weight is 234 g/mol. The Bertz CT molecular complexity index is 540. The molecule has 2 rings (SSSR count). The van der Waals surface area contributed by atoms with E-state index in [1.54, 1.807) is 23.6 Å². The molecule has 2 aromatic heterocycles. The van der Waals surface area contributed by atoms with Gasteiger partial charge in [0.15, 0.2) is 0 Å². The van der Waals surface area contributed by atoms with Crippen molar-refractivity contribution in [1.82, 2.24) is 9.72 Å². The molecular formula is C12H14N2O3. The van der Waals surface area contributed by atoms with Crippen molar-refractivity contribution in [3.63, 3.8) is 0 Å². The molecule has 17 heavy (non-hydrogen) atoms. The second-order valence-electron chi connectivity index (χ2n) is 3.92. The fourth-order valence-electron chi connectivity index (χ4n) is 1.52. The van der Waals surface area contributed by atoms with Gasteiger partial charge in [-0.25, -0.2) is 4.79 Å². The van der Waals surface area contributed by atoms with E-state index in [-0.39, 0.29) is 12.6 Å². The van der Waals surface area contributed by atoms with E-state index in [2.05, 4.69) is 5.16 Å². The van der Waals surface area contributed by atoms with Crippen molar-refractivity contribution in [2.45, 2.75) is 20.5 Å². The molecule has 0 aliphatic heterocycles. The van der Waals surface area contributed by atoms with Gasteiger partial charge in [0, 0.05) is 18.8 Å². The van der Waals surface area contributed by atoms with Crippen molar-refractivity contribution >= 4 is 5.97 Å². The lowest BCUT2D eigenvalue weighted by Crippen LogP contribution is -2.10. The van der Waals surface area contributed by atoms with Crippen LogP contribution in [-0.2, 0) is 18.4 Å². The molecule has 90 valence electrons. The lowest BCUT2D eigenvalue weighted by Gasteiger charge is -2.04. The van der Waals surface area contributed by atoms with Crippen molar-refractivity contribution in [3.05, 3.63) is 41.0 Å². The maximum Gasteiger partial charge on any atom is 0.355 e. The van der Waals surface area contributed by atoms with E-state index >= 15 is 0 Å². The Kier molecular flexibility index (Phi) is 2.99. The smallest absolute Gasteiger partial charge is 0.355 e.